The van der Waals surface area contributed by atoms with Crippen molar-refractivity contribution in [1.82, 2.24) is 14.7 Å². The number of amides is 1. The van der Waals surface area contributed by atoms with Gasteiger partial charge in [0, 0.05) is 37.6 Å². The number of piperidine rings is 1. The highest BCUT2D eigenvalue weighted by Gasteiger charge is 2.20. The first-order chi connectivity index (χ1) is 13.6. The van der Waals surface area contributed by atoms with E-state index >= 15 is 0 Å². The highest BCUT2D eigenvalue weighted by Crippen LogP contribution is 2.27. The van der Waals surface area contributed by atoms with E-state index in [2.05, 4.69) is 15.3 Å². The fourth-order valence-electron chi connectivity index (χ4n) is 3.78. The molecule has 1 saturated heterocycles. The number of aryl methyl sites for hydroxylation is 1. The fraction of sp³-hybridized carbons (Fsp3) is 0.524. The molecule has 0 aliphatic carbocycles. The summed E-state index contributed by atoms with van der Waals surface area (Å²) in [6.45, 7) is 4.29. The molecule has 1 atom stereocenters. The molecular weight excluding hydrogens is 376 g/mol. The van der Waals surface area contributed by atoms with Gasteiger partial charge in [-0.05, 0) is 69.0 Å². The Kier molecular flexibility index (Phi) is 7.74. The van der Waals surface area contributed by atoms with Gasteiger partial charge in [-0.1, -0.05) is 11.6 Å². The van der Waals surface area contributed by atoms with Crippen molar-refractivity contribution in [2.24, 2.45) is 5.92 Å². The number of halogens is 1. The number of hydrogen-bond acceptors (Lipinski definition) is 4. The first kappa shape index (κ1) is 20.7. The highest BCUT2D eigenvalue weighted by atomic mass is 35.5. The van der Waals surface area contributed by atoms with Crippen molar-refractivity contribution in [3.8, 4) is 5.75 Å². The van der Waals surface area contributed by atoms with Crippen molar-refractivity contribution in [2.75, 3.05) is 32.1 Å². The Balaban J connectivity index is 1.37. The molecule has 0 radical (unpaired) electrons. The Morgan fingerprint density at radius 2 is 2.29 bits per heavy atom. The van der Waals surface area contributed by atoms with Crippen LogP contribution in [0.5, 0.6) is 5.75 Å². The lowest BCUT2D eigenvalue weighted by molar-refractivity contribution is -0.116. The largest absolute Gasteiger partial charge is 0.495 e. The van der Waals surface area contributed by atoms with Gasteiger partial charge in [-0.25, -0.2) is 0 Å². The standard InChI is InChI=1S/C21H29ClN4O2/c1-28-20-8-7-18(15-19(20)22)24-21(27)9-6-17-5-2-11-25(16-17)12-4-14-26-13-3-10-23-26/h3,7-8,10,13,15,17H,2,4-6,9,11-12,14,16H2,1H3,(H,24,27). The summed E-state index contributed by atoms with van der Waals surface area (Å²) >= 11 is 6.11. The average molecular weight is 405 g/mol. The summed E-state index contributed by atoms with van der Waals surface area (Å²) < 4.78 is 7.12. The monoisotopic (exact) mass is 404 g/mol. The van der Waals surface area contributed by atoms with Crippen molar-refractivity contribution < 1.29 is 9.53 Å². The van der Waals surface area contributed by atoms with Crippen LogP contribution in [0.25, 0.3) is 0 Å². The minimum atomic E-state index is 0.0389. The molecule has 1 aliphatic rings. The first-order valence-electron chi connectivity index (χ1n) is 9.97. The molecular formula is C21H29ClN4O2. The molecule has 1 aliphatic heterocycles. The Bertz CT molecular complexity index is 751. The summed E-state index contributed by atoms with van der Waals surface area (Å²) in [7, 11) is 1.57. The molecule has 2 aromatic rings. The maximum absolute atomic E-state index is 12.3. The number of nitrogens with zero attached hydrogens (tertiary/aromatic N) is 3. The van der Waals surface area contributed by atoms with Gasteiger partial charge in [-0.15, -0.1) is 0 Å². The molecule has 7 heteroatoms. The summed E-state index contributed by atoms with van der Waals surface area (Å²) in [6, 6.07) is 7.26. The van der Waals surface area contributed by atoms with E-state index < -0.39 is 0 Å². The number of hydrogen-bond donors (Lipinski definition) is 1. The molecule has 1 N–H and O–H groups in total. The number of aromatic nitrogens is 2. The SMILES string of the molecule is COc1ccc(NC(=O)CCC2CCCN(CCCn3cccn3)C2)cc1Cl. The topological polar surface area (TPSA) is 59.4 Å². The third-order valence-electron chi connectivity index (χ3n) is 5.24. The zero-order valence-corrected chi connectivity index (χ0v) is 17.2. The van der Waals surface area contributed by atoms with Crippen LogP contribution < -0.4 is 10.1 Å². The first-order valence-corrected chi connectivity index (χ1v) is 10.3. The predicted octanol–water partition coefficient (Wildman–Crippen LogP) is 4.07. The van der Waals surface area contributed by atoms with E-state index in [0.29, 0.717) is 28.8 Å². The second-order valence-electron chi connectivity index (χ2n) is 7.37. The number of ether oxygens (including phenoxy) is 1. The van der Waals surface area contributed by atoms with Crippen LogP contribution in [-0.4, -0.2) is 47.3 Å². The molecule has 3 rings (SSSR count). The number of carbonyl (C=O) groups is 1. The smallest absolute Gasteiger partial charge is 0.224 e. The Hall–Kier alpha value is -2.05. The van der Waals surface area contributed by atoms with E-state index in [1.54, 1.807) is 19.2 Å². The molecule has 1 unspecified atom stereocenters. The van der Waals surface area contributed by atoms with Gasteiger partial charge in [0.2, 0.25) is 5.91 Å². The average Bonchev–Trinajstić information content (AvgIpc) is 3.20. The molecule has 1 aromatic carbocycles. The molecule has 1 aromatic heterocycles. The number of nitrogens with one attached hydrogen (secondary N) is 1. The van der Waals surface area contributed by atoms with E-state index in [-0.39, 0.29) is 5.91 Å². The summed E-state index contributed by atoms with van der Waals surface area (Å²) in [5, 5.41) is 7.68. The molecule has 0 spiro atoms. The van der Waals surface area contributed by atoms with Crippen LogP contribution in [0.15, 0.2) is 36.7 Å². The van der Waals surface area contributed by atoms with E-state index in [9.17, 15) is 4.79 Å². The minimum Gasteiger partial charge on any atom is -0.495 e. The molecule has 6 nitrogen and oxygen atoms in total. The van der Waals surface area contributed by atoms with Crippen LogP contribution in [-0.2, 0) is 11.3 Å². The van der Waals surface area contributed by atoms with Crippen LogP contribution in [0.4, 0.5) is 5.69 Å². The van der Waals surface area contributed by atoms with Crippen LogP contribution >= 0.6 is 11.6 Å². The van der Waals surface area contributed by atoms with Gasteiger partial charge in [-0.3, -0.25) is 9.48 Å². The number of anilines is 1. The Labute approximate surface area is 171 Å². The van der Waals surface area contributed by atoms with Gasteiger partial charge in [0.15, 0.2) is 0 Å². The second kappa shape index (κ2) is 10.5. The predicted molar refractivity (Wildman–Crippen MR) is 112 cm³/mol. The zero-order valence-electron chi connectivity index (χ0n) is 16.4. The molecule has 0 bridgehead atoms. The van der Waals surface area contributed by atoms with E-state index in [1.807, 2.05) is 29.2 Å². The summed E-state index contributed by atoms with van der Waals surface area (Å²) in [5.74, 6) is 1.23. The minimum absolute atomic E-state index is 0.0389. The van der Waals surface area contributed by atoms with Crippen molar-refractivity contribution in [1.29, 1.82) is 0 Å². The highest BCUT2D eigenvalue weighted by molar-refractivity contribution is 6.32. The van der Waals surface area contributed by atoms with Gasteiger partial charge in [0.1, 0.15) is 5.75 Å². The number of likely N-dealkylation sites (tertiary alicyclic amines) is 1. The van der Waals surface area contributed by atoms with Crippen molar-refractivity contribution in [3.05, 3.63) is 41.7 Å². The second-order valence-corrected chi connectivity index (χ2v) is 7.77. The van der Waals surface area contributed by atoms with Crippen molar-refractivity contribution >= 4 is 23.2 Å². The van der Waals surface area contributed by atoms with Gasteiger partial charge in [-0.2, -0.15) is 5.10 Å². The van der Waals surface area contributed by atoms with E-state index in [0.717, 1.165) is 39.0 Å². The normalized spacial score (nSPS) is 17.4. The lowest BCUT2D eigenvalue weighted by Gasteiger charge is -2.32. The lowest BCUT2D eigenvalue weighted by Crippen LogP contribution is -2.36. The number of carbonyl (C=O) groups excluding carboxylic acids is 1. The third kappa shape index (κ3) is 6.24. The third-order valence-corrected chi connectivity index (χ3v) is 5.53. The fourth-order valence-corrected chi connectivity index (χ4v) is 4.04. The zero-order chi connectivity index (χ0) is 19.8. The van der Waals surface area contributed by atoms with Crippen LogP contribution in [0.2, 0.25) is 5.02 Å². The molecule has 28 heavy (non-hydrogen) atoms. The summed E-state index contributed by atoms with van der Waals surface area (Å²) in [4.78, 5) is 14.8. The Morgan fingerprint density at radius 1 is 1.39 bits per heavy atom. The summed E-state index contributed by atoms with van der Waals surface area (Å²) in [5.41, 5.74) is 0.708. The van der Waals surface area contributed by atoms with E-state index in [4.69, 9.17) is 16.3 Å². The molecule has 1 fully saturated rings. The maximum atomic E-state index is 12.3. The van der Waals surface area contributed by atoms with Crippen LogP contribution in [0.3, 0.4) is 0 Å². The number of methoxy groups -OCH3 is 1. The maximum Gasteiger partial charge on any atom is 0.224 e. The molecule has 152 valence electrons. The van der Waals surface area contributed by atoms with Crippen LogP contribution in [0, 0.1) is 5.92 Å². The Morgan fingerprint density at radius 3 is 3.04 bits per heavy atom. The molecule has 1 amide bonds. The van der Waals surface area contributed by atoms with Gasteiger partial charge >= 0.3 is 0 Å². The lowest BCUT2D eigenvalue weighted by atomic mass is 9.93. The number of rotatable bonds is 9. The van der Waals surface area contributed by atoms with Crippen LogP contribution in [0.1, 0.15) is 32.1 Å². The molecule has 0 saturated carbocycles. The van der Waals surface area contributed by atoms with E-state index in [1.165, 1.54) is 12.8 Å². The molecule has 2 heterocycles. The quantitative estimate of drug-likeness (QED) is 0.684. The van der Waals surface area contributed by atoms with Gasteiger partial charge < -0.3 is 15.0 Å². The number of benzene rings is 1. The van der Waals surface area contributed by atoms with Gasteiger partial charge in [0.25, 0.3) is 0 Å². The summed E-state index contributed by atoms with van der Waals surface area (Å²) in [6.07, 6.45) is 8.81. The van der Waals surface area contributed by atoms with Gasteiger partial charge in [0.05, 0.1) is 12.1 Å². The van der Waals surface area contributed by atoms with Crippen molar-refractivity contribution in [3.63, 3.8) is 0 Å². The van der Waals surface area contributed by atoms with Crippen molar-refractivity contribution in [2.45, 2.75) is 38.6 Å².